The number of benzene rings is 2. The SMILES string of the molecule is Cc1ccc2c(Nc3ccc(Cl)cc3C(=O)c3ccccc3)cc(C)nc2n1. The van der Waals surface area contributed by atoms with Gasteiger partial charge in [-0.25, -0.2) is 9.97 Å². The Hall–Kier alpha value is -3.24. The van der Waals surface area contributed by atoms with Crippen LogP contribution >= 0.6 is 11.6 Å². The number of carbonyl (C=O) groups excluding carboxylic acids is 1. The number of rotatable bonds is 4. The Bertz CT molecular complexity index is 1180. The summed E-state index contributed by atoms with van der Waals surface area (Å²) in [6, 6.07) is 20.3. The van der Waals surface area contributed by atoms with E-state index < -0.39 is 0 Å². The Labute approximate surface area is 168 Å². The number of hydrogen-bond acceptors (Lipinski definition) is 4. The van der Waals surface area contributed by atoms with Crippen molar-refractivity contribution in [2.24, 2.45) is 0 Å². The molecule has 0 amide bonds. The van der Waals surface area contributed by atoms with Gasteiger partial charge in [-0.1, -0.05) is 41.9 Å². The van der Waals surface area contributed by atoms with E-state index in [1.54, 1.807) is 24.3 Å². The van der Waals surface area contributed by atoms with E-state index in [0.29, 0.717) is 27.5 Å². The molecular weight excluding hydrogens is 370 g/mol. The third-order valence-corrected chi connectivity index (χ3v) is 4.71. The Morgan fingerprint density at radius 1 is 0.857 bits per heavy atom. The first-order valence-electron chi connectivity index (χ1n) is 8.92. The lowest BCUT2D eigenvalue weighted by Gasteiger charge is -2.14. The van der Waals surface area contributed by atoms with Crippen molar-refractivity contribution in [1.82, 2.24) is 9.97 Å². The number of ketones is 1. The van der Waals surface area contributed by atoms with Crippen LogP contribution in [-0.4, -0.2) is 15.8 Å². The zero-order chi connectivity index (χ0) is 19.7. The van der Waals surface area contributed by atoms with Gasteiger partial charge in [-0.2, -0.15) is 0 Å². The summed E-state index contributed by atoms with van der Waals surface area (Å²) < 4.78 is 0. The van der Waals surface area contributed by atoms with Gasteiger partial charge in [-0.3, -0.25) is 4.79 Å². The van der Waals surface area contributed by atoms with Crippen LogP contribution in [0.1, 0.15) is 27.3 Å². The van der Waals surface area contributed by atoms with Gasteiger partial charge < -0.3 is 5.32 Å². The summed E-state index contributed by atoms with van der Waals surface area (Å²) >= 11 is 6.19. The summed E-state index contributed by atoms with van der Waals surface area (Å²) in [5.74, 6) is -0.0883. The fraction of sp³-hybridized carbons (Fsp3) is 0.0870. The Balaban J connectivity index is 1.81. The van der Waals surface area contributed by atoms with Crippen LogP contribution in [0, 0.1) is 13.8 Å². The molecule has 0 atom stereocenters. The normalized spacial score (nSPS) is 10.8. The van der Waals surface area contributed by atoms with Crippen molar-refractivity contribution in [1.29, 1.82) is 0 Å². The van der Waals surface area contributed by atoms with Crippen LogP contribution in [0.5, 0.6) is 0 Å². The maximum Gasteiger partial charge on any atom is 0.195 e. The monoisotopic (exact) mass is 387 g/mol. The van der Waals surface area contributed by atoms with Gasteiger partial charge in [0.05, 0.1) is 5.69 Å². The molecule has 0 aliphatic carbocycles. The lowest BCUT2D eigenvalue weighted by molar-refractivity contribution is 0.103. The van der Waals surface area contributed by atoms with E-state index in [2.05, 4.69) is 15.3 Å². The number of nitrogens with zero attached hydrogens (tertiary/aromatic N) is 2. The van der Waals surface area contributed by atoms with Gasteiger partial charge in [0.2, 0.25) is 0 Å². The molecule has 0 saturated heterocycles. The molecule has 4 rings (SSSR count). The average Bonchev–Trinajstić information content (AvgIpc) is 2.69. The number of pyridine rings is 2. The molecule has 0 unspecified atom stereocenters. The van der Waals surface area contributed by atoms with Crippen LogP contribution in [0.4, 0.5) is 11.4 Å². The van der Waals surface area contributed by atoms with Crippen LogP contribution in [-0.2, 0) is 0 Å². The second kappa shape index (κ2) is 7.41. The van der Waals surface area contributed by atoms with Crippen LogP contribution in [0.3, 0.4) is 0 Å². The zero-order valence-electron chi connectivity index (χ0n) is 15.5. The van der Waals surface area contributed by atoms with Crippen molar-refractivity contribution in [3.8, 4) is 0 Å². The molecule has 0 aliphatic heterocycles. The maximum absolute atomic E-state index is 13.1. The largest absolute Gasteiger partial charge is 0.354 e. The molecule has 0 spiro atoms. The molecule has 138 valence electrons. The molecule has 1 N–H and O–H groups in total. The molecule has 0 fully saturated rings. The molecular formula is C23H18ClN3O. The van der Waals surface area contributed by atoms with Crippen LogP contribution in [0.2, 0.25) is 5.02 Å². The van der Waals surface area contributed by atoms with E-state index in [-0.39, 0.29) is 5.78 Å². The molecule has 0 saturated carbocycles. The molecule has 2 heterocycles. The molecule has 5 heteroatoms. The highest BCUT2D eigenvalue weighted by molar-refractivity contribution is 6.31. The predicted molar refractivity (Wildman–Crippen MR) is 114 cm³/mol. The molecule has 0 bridgehead atoms. The van der Waals surface area contributed by atoms with Gasteiger partial charge in [0.25, 0.3) is 0 Å². The molecule has 2 aromatic carbocycles. The first kappa shape index (κ1) is 18.1. The van der Waals surface area contributed by atoms with Crippen molar-refractivity contribution in [3.05, 3.63) is 94.3 Å². The summed E-state index contributed by atoms with van der Waals surface area (Å²) in [5, 5.41) is 4.80. The quantitative estimate of drug-likeness (QED) is 0.444. The Kier molecular flexibility index (Phi) is 4.80. The molecule has 2 aromatic heterocycles. The van der Waals surface area contributed by atoms with Gasteiger partial charge in [-0.05, 0) is 50.2 Å². The highest BCUT2D eigenvalue weighted by atomic mass is 35.5. The summed E-state index contributed by atoms with van der Waals surface area (Å²) in [6.45, 7) is 3.86. The lowest BCUT2D eigenvalue weighted by Crippen LogP contribution is -2.06. The zero-order valence-corrected chi connectivity index (χ0v) is 16.3. The van der Waals surface area contributed by atoms with Crippen LogP contribution in [0.15, 0.2) is 66.7 Å². The first-order chi connectivity index (χ1) is 13.5. The van der Waals surface area contributed by atoms with E-state index in [9.17, 15) is 4.79 Å². The third-order valence-electron chi connectivity index (χ3n) is 4.47. The minimum absolute atomic E-state index is 0.0883. The van der Waals surface area contributed by atoms with Gasteiger partial charge >= 0.3 is 0 Å². The number of aryl methyl sites for hydroxylation is 2. The van der Waals surface area contributed by atoms with E-state index in [4.69, 9.17) is 11.6 Å². The van der Waals surface area contributed by atoms with Crippen molar-refractivity contribution < 1.29 is 4.79 Å². The summed E-state index contributed by atoms with van der Waals surface area (Å²) in [5.41, 5.74) is 5.08. The minimum Gasteiger partial charge on any atom is -0.354 e. The summed E-state index contributed by atoms with van der Waals surface area (Å²) in [7, 11) is 0. The second-order valence-electron chi connectivity index (χ2n) is 6.65. The van der Waals surface area contributed by atoms with E-state index in [1.807, 2.05) is 56.3 Å². The number of anilines is 2. The number of fused-ring (bicyclic) bond motifs is 1. The molecule has 28 heavy (non-hydrogen) atoms. The topological polar surface area (TPSA) is 54.9 Å². The van der Waals surface area contributed by atoms with Crippen LogP contribution < -0.4 is 5.32 Å². The Morgan fingerprint density at radius 3 is 2.39 bits per heavy atom. The standard InChI is InChI=1S/C23H18ClN3O/c1-14-8-10-18-21(12-15(2)26-23(18)25-14)27-20-11-9-17(24)13-19(20)22(28)16-6-4-3-5-7-16/h3-13H,1-2H3,(H,25,26,27). The Morgan fingerprint density at radius 2 is 1.61 bits per heavy atom. The fourth-order valence-corrected chi connectivity index (χ4v) is 3.30. The van der Waals surface area contributed by atoms with Gasteiger partial charge in [0, 0.05) is 38.6 Å². The number of hydrogen-bond donors (Lipinski definition) is 1. The van der Waals surface area contributed by atoms with Crippen molar-refractivity contribution >= 4 is 39.8 Å². The lowest BCUT2D eigenvalue weighted by atomic mass is 10.0. The summed E-state index contributed by atoms with van der Waals surface area (Å²) in [4.78, 5) is 22.1. The van der Waals surface area contributed by atoms with E-state index in [1.165, 1.54) is 0 Å². The van der Waals surface area contributed by atoms with Crippen molar-refractivity contribution in [2.75, 3.05) is 5.32 Å². The van der Waals surface area contributed by atoms with Crippen molar-refractivity contribution in [2.45, 2.75) is 13.8 Å². The number of nitrogens with one attached hydrogen (secondary N) is 1. The third kappa shape index (κ3) is 3.59. The van der Waals surface area contributed by atoms with Crippen LogP contribution in [0.25, 0.3) is 11.0 Å². The molecule has 0 radical (unpaired) electrons. The van der Waals surface area contributed by atoms with Gasteiger partial charge in [0.1, 0.15) is 0 Å². The predicted octanol–water partition coefficient (Wildman–Crippen LogP) is 5.87. The fourth-order valence-electron chi connectivity index (χ4n) is 3.13. The van der Waals surface area contributed by atoms with E-state index in [0.717, 1.165) is 22.5 Å². The number of aromatic nitrogens is 2. The maximum atomic E-state index is 13.1. The smallest absolute Gasteiger partial charge is 0.195 e. The molecule has 4 nitrogen and oxygen atoms in total. The van der Waals surface area contributed by atoms with Gasteiger partial charge in [-0.15, -0.1) is 0 Å². The minimum atomic E-state index is -0.0883. The highest BCUT2D eigenvalue weighted by Crippen LogP contribution is 2.30. The first-order valence-corrected chi connectivity index (χ1v) is 9.30. The van der Waals surface area contributed by atoms with Crippen molar-refractivity contribution in [3.63, 3.8) is 0 Å². The average molecular weight is 388 g/mol. The second-order valence-corrected chi connectivity index (χ2v) is 7.08. The number of carbonyl (C=O) groups is 1. The molecule has 4 aromatic rings. The van der Waals surface area contributed by atoms with E-state index >= 15 is 0 Å². The highest BCUT2D eigenvalue weighted by Gasteiger charge is 2.16. The van der Waals surface area contributed by atoms with Gasteiger partial charge in [0.15, 0.2) is 11.4 Å². The summed E-state index contributed by atoms with van der Waals surface area (Å²) in [6.07, 6.45) is 0. The molecule has 0 aliphatic rings. The number of halogens is 1.